The lowest BCUT2D eigenvalue weighted by atomic mass is 10.0. The molecule has 2 heterocycles. The highest BCUT2D eigenvalue weighted by Gasteiger charge is 2.19. The largest absolute Gasteiger partial charge is 0.477 e. The first-order valence-corrected chi connectivity index (χ1v) is 6.63. The van der Waals surface area contributed by atoms with E-state index in [1.165, 1.54) is 6.20 Å². The number of carboxylic acid groups (broad SMARTS) is 1. The van der Waals surface area contributed by atoms with Gasteiger partial charge in [-0.2, -0.15) is 0 Å². The number of hydrogen-bond donors (Lipinski definition) is 2. The third kappa shape index (κ3) is 2.57. The predicted molar refractivity (Wildman–Crippen MR) is 78.5 cm³/mol. The summed E-state index contributed by atoms with van der Waals surface area (Å²) >= 11 is 0. The number of H-pyrrole nitrogens is 1. The zero-order chi connectivity index (χ0) is 16.6. The molecule has 0 aliphatic rings. The molecule has 23 heavy (non-hydrogen) atoms. The second-order valence-corrected chi connectivity index (χ2v) is 4.96. The summed E-state index contributed by atoms with van der Waals surface area (Å²) in [7, 11) is 0. The fourth-order valence-electron chi connectivity index (χ4n) is 2.39. The molecule has 0 aliphatic carbocycles. The molecule has 1 aromatic carbocycles. The Morgan fingerprint density at radius 1 is 1.35 bits per heavy atom. The third-order valence-electron chi connectivity index (χ3n) is 3.47. The van der Waals surface area contributed by atoms with Crippen LogP contribution in [0.4, 0.5) is 8.78 Å². The molecule has 3 aromatic rings. The number of pyridine rings is 2. The molecule has 0 aliphatic heterocycles. The van der Waals surface area contributed by atoms with Gasteiger partial charge in [0.1, 0.15) is 11.4 Å². The monoisotopic (exact) mass is 316 g/mol. The standard InChI is InChI=1S/C16H10F2N2O3/c17-11-5-9(4-8-2-1-3-19-6-8)13(18)14-12(11)15(21)10(7-20-14)16(22)23/h1-3,5-7H,4H2,(H,20,21)(H,22,23). The van der Waals surface area contributed by atoms with E-state index in [1.807, 2.05) is 0 Å². The summed E-state index contributed by atoms with van der Waals surface area (Å²) in [6.07, 6.45) is 4.04. The van der Waals surface area contributed by atoms with E-state index in [-0.39, 0.29) is 17.5 Å². The Hall–Kier alpha value is -3.09. The minimum Gasteiger partial charge on any atom is -0.477 e. The molecule has 0 saturated carbocycles. The number of aromatic carboxylic acids is 1. The zero-order valence-electron chi connectivity index (χ0n) is 11.6. The quantitative estimate of drug-likeness (QED) is 0.777. The van der Waals surface area contributed by atoms with Crippen molar-refractivity contribution in [1.82, 2.24) is 9.97 Å². The van der Waals surface area contributed by atoms with Crippen LogP contribution in [0.1, 0.15) is 21.5 Å². The van der Waals surface area contributed by atoms with Gasteiger partial charge >= 0.3 is 5.97 Å². The Labute approximate surface area is 128 Å². The van der Waals surface area contributed by atoms with Gasteiger partial charge in [0, 0.05) is 25.0 Å². The van der Waals surface area contributed by atoms with E-state index in [0.717, 1.165) is 12.3 Å². The molecule has 2 N–H and O–H groups in total. The number of carbonyl (C=O) groups is 1. The Morgan fingerprint density at radius 3 is 2.78 bits per heavy atom. The summed E-state index contributed by atoms with van der Waals surface area (Å²) in [6, 6.07) is 4.29. The lowest BCUT2D eigenvalue weighted by Crippen LogP contribution is -2.17. The molecule has 3 rings (SSSR count). The predicted octanol–water partition coefficient (Wildman–Crippen LogP) is 2.49. The SMILES string of the molecule is O=C(O)c1c[nH]c2c(F)c(Cc3cccnc3)cc(F)c2c1=O. The van der Waals surface area contributed by atoms with Gasteiger partial charge in [0.25, 0.3) is 0 Å². The minimum atomic E-state index is -1.51. The van der Waals surface area contributed by atoms with Crippen LogP contribution >= 0.6 is 0 Å². The minimum absolute atomic E-state index is 0.0433. The molecule has 5 nitrogen and oxygen atoms in total. The van der Waals surface area contributed by atoms with E-state index >= 15 is 0 Å². The molecule has 0 bridgehead atoms. The molecule has 0 unspecified atom stereocenters. The molecule has 116 valence electrons. The van der Waals surface area contributed by atoms with Gasteiger partial charge in [0.05, 0.1) is 10.9 Å². The number of nitrogens with one attached hydrogen (secondary N) is 1. The molecule has 2 aromatic heterocycles. The van der Waals surface area contributed by atoms with Gasteiger partial charge in [0.2, 0.25) is 5.43 Å². The summed E-state index contributed by atoms with van der Waals surface area (Å²) in [4.78, 5) is 29.2. The van der Waals surface area contributed by atoms with Crippen LogP contribution in [0.15, 0.2) is 41.6 Å². The molecule has 0 amide bonds. The molecule has 0 atom stereocenters. The highest BCUT2D eigenvalue weighted by atomic mass is 19.1. The van der Waals surface area contributed by atoms with E-state index in [9.17, 15) is 18.4 Å². The number of nitrogens with zero attached hydrogens (tertiary/aromatic N) is 1. The van der Waals surface area contributed by atoms with Crippen LogP contribution in [0.3, 0.4) is 0 Å². The first-order valence-electron chi connectivity index (χ1n) is 6.63. The third-order valence-corrected chi connectivity index (χ3v) is 3.47. The first-order chi connectivity index (χ1) is 11.0. The average Bonchev–Trinajstić information content (AvgIpc) is 2.52. The number of aromatic amines is 1. The summed E-state index contributed by atoms with van der Waals surface area (Å²) in [5, 5.41) is 8.29. The average molecular weight is 316 g/mol. The molecule has 0 fully saturated rings. The molecule has 0 spiro atoms. The Kier molecular flexibility index (Phi) is 3.61. The maximum atomic E-state index is 14.5. The van der Waals surface area contributed by atoms with E-state index in [1.54, 1.807) is 18.3 Å². The van der Waals surface area contributed by atoms with Crippen molar-refractivity contribution in [3.05, 3.63) is 75.3 Å². The number of halogens is 2. The number of benzene rings is 1. The Bertz CT molecular complexity index is 968. The zero-order valence-corrected chi connectivity index (χ0v) is 11.6. The Balaban J connectivity index is 2.21. The molecule has 0 saturated heterocycles. The summed E-state index contributed by atoms with van der Waals surface area (Å²) in [5.74, 6) is -3.27. The van der Waals surface area contributed by atoms with Gasteiger partial charge in [0.15, 0.2) is 5.82 Å². The molecular weight excluding hydrogens is 306 g/mol. The topological polar surface area (TPSA) is 83.0 Å². The second-order valence-electron chi connectivity index (χ2n) is 4.96. The van der Waals surface area contributed by atoms with E-state index in [4.69, 9.17) is 5.11 Å². The molecular formula is C16H10F2N2O3. The highest BCUT2D eigenvalue weighted by molar-refractivity contribution is 5.92. The van der Waals surface area contributed by atoms with Gasteiger partial charge < -0.3 is 10.1 Å². The van der Waals surface area contributed by atoms with Crippen LogP contribution < -0.4 is 5.43 Å². The van der Waals surface area contributed by atoms with Crippen molar-refractivity contribution in [2.75, 3.05) is 0 Å². The van der Waals surface area contributed by atoms with Crippen LogP contribution in [0.5, 0.6) is 0 Å². The first kappa shape index (κ1) is 14.8. The van der Waals surface area contributed by atoms with Crippen molar-refractivity contribution >= 4 is 16.9 Å². The number of carboxylic acids is 1. The maximum Gasteiger partial charge on any atom is 0.341 e. The van der Waals surface area contributed by atoms with Crippen LogP contribution in [0.25, 0.3) is 10.9 Å². The summed E-state index contributed by atoms with van der Waals surface area (Å²) in [5.41, 5.74) is -1.33. The van der Waals surface area contributed by atoms with Gasteiger partial charge in [-0.1, -0.05) is 6.07 Å². The summed E-state index contributed by atoms with van der Waals surface area (Å²) in [6.45, 7) is 0. The van der Waals surface area contributed by atoms with Crippen molar-refractivity contribution in [2.24, 2.45) is 0 Å². The van der Waals surface area contributed by atoms with Gasteiger partial charge in [-0.3, -0.25) is 9.78 Å². The lowest BCUT2D eigenvalue weighted by molar-refractivity contribution is 0.0695. The number of aromatic nitrogens is 2. The van der Waals surface area contributed by atoms with Crippen LogP contribution in [0, 0.1) is 11.6 Å². The second kappa shape index (κ2) is 5.60. The number of fused-ring (bicyclic) bond motifs is 1. The molecule has 0 radical (unpaired) electrons. The molecule has 7 heteroatoms. The van der Waals surface area contributed by atoms with Crippen LogP contribution in [-0.4, -0.2) is 21.0 Å². The van der Waals surface area contributed by atoms with Gasteiger partial charge in [-0.05, 0) is 23.3 Å². The number of rotatable bonds is 3. The number of hydrogen-bond acceptors (Lipinski definition) is 3. The fraction of sp³-hybridized carbons (Fsp3) is 0.0625. The maximum absolute atomic E-state index is 14.5. The van der Waals surface area contributed by atoms with E-state index in [2.05, 4.69) is 9.97 Å². The van der Waals surface area contributed by atoms with Crippen molar-refractivity contribution < 1.29 is 18.7 Å². The fourth-order valence-corrected chi connectivity index (χ4v) is 2.39. The van der Waals surface area contributed by atoms with Crippen molar-refractivity contribution in [3.8, 4) is 0 Å². The van der Waals surface area contributed by atoms with E-state index in [0.29, 0.717) is 5.56 Å². The van der Waals surface area contributed by atoms with Crippen molar-refractivity contribution in [2.45, 2.75) is 6.42 Å². The normalized spacial score (nSPS) is 10.9. The highest BCUT2D eigenvalue weighted by Crippen LogP contribution is 2.23. The van der Waals surface area contributed by atoms with E-state index < -0.39 is 34.0 Å². The Morgan fingerprint density at radius 2 is 2.13 bits per heavy atom. The van der Waals surface area contributed by atoms with Gasteiger partial charge in [-0.25, -0.2) is 13.6 Å². The van der Waals surface area contributed by atoms with Crippen LogP contribution in [0.2, 0.25) is 0 Å². The van der Waals surface area contributed by atoms with Crippen LogP contribution in [-0.2, 0) is 6.42 Å². The van der Waals surface area contributed by atoms with Crippen molar-refractivity contribution in [3.63, 3.8) is 0 Å². The van der Waals surface area contributed by atoms with Crippen molar-refractivity contribution in [1.29, 1.82) is 0 Å². The van der Waals surface area contributed by atoms with Gasteiger partial charge in [-0.15, -0.1) is 0 Å². The smallest absolute Gasteiger partial charge is 0.341 e. The summed E-state index contributed by atoms with van der Waals surface area (Å²) < 4.78 is 28.8. The lowest BCUT2D eigenvalue weighted by Gasteiger charge is -2.08.